The summed E-state index contributed by atoms with van der Waals surface area (Å²) < 4.78 is 34.6. The normalized spacial score (nSPS) is 11.5. The first-order chi connectivity index (χ1) is 11.4. The summed E-state index contributed by atoms with van der Waals surface area (Å²) in [5.41, 5.74) is 0.806. The average molecular weight is 369 g/mol. The SMILES string of the molecule is COc1ccc(Cl)cc1S(=O)(=O)Nc1c(-n2cnnc2)n[nH]c1C. The second kappa shape index (κ2) is 6.13. The van der Waals surface area contributed by atoms with Gasteiger partial charge in [-0.15, -0.1) is 10.2 Å². The van der Waals surface area contributed by atoms with Gasteiger partial charge in [-0.25, -0.2) is 8.42 Å². The van der Waals surface area contributed by atoms with Gasteiger partial charge in [-0.05, 0) is 25.1 Å². The molecule has 0 unspecified atom stereocenters. The highest BCUT2D eigenvalue weighted by atomic mass is 35.5. The molecule has 3 aromatic rings. The molecule has 3 rings (SSSR count). The summed E-state index contributed by atoms with van der Waals surface area (Å²) in [5.74, 6) is 0.501. The fraction of sp³-hybridized carbons (Fsp3) is 0.154. The van der Waals surface area contributed by atoms with E-state index in [-0.39, 0.29) is 21.4 Å². The zero-order chi connectivity index (χ0) is 17.3. The smallest absolute Gasteiger partial charge is 0.265 e. The van der Waals surface area contributed by atoms with Crippen molar-refractivity contribution < 1.29 is 13.2 Å². The molecule has 0 atom stereocenters. The highest BCUT2D eigenvalue weighted by molar-refractivity contribution is 7.92. The van der Waals surface area contributed by atoms with Crippen LogP contribution in [0.2, 0.25) is 5.02 Å². The molecule has 2 aromatic heterocycles. The molecule has 2 N–H and O–H groups in total. The summed E-state index contributed by atoms with van der Waals surface area (Å²) in [4.78, 5) is -0.0761. The predicted molar refractivity (Wildman–Crippen MR) is 87.1 cm³/mol. The number of ether oxygens (including phenoxy) is 1. The van der Waals surface area contributed by atoms with E-state index in [0.717, 1.165) is 0 Å². The minimum Gasteiger partial charge on any atom is -0.495 e. The van der Waals surface area contributed by atoms with Crippen molar-refractivity contribution in [1.82, 2.24) is 25.0 Å². The number of hydrogen-bond acceptors (Lipinski definition) is 6. The van der Waals surface area contributed by atoms with Crippen LogP contribution in [-0.4, -0.2) is 40.5 Å². The number of sulfonamides is 1. The van der Waals surface area contributed by atoms with Gasteiger partial charge in [-0.3, -0.25) is 14.4 Å². The van der Waals surface area contributed by atoms with Crippen LogP contribution < -0.4 is 9.46 Å². The standard InChI is InChI=1S/C13H13ClN6O3S/c1-8-12(13(18-17-8)20-6-15-16-7-20)19-24(21,22)11-5-9(14)3-4-10(11)23-2/h3-7,19H,1-2H3,(H,17,18). The molecule has 0 saturated carbocycles. The van der Waals surface area contributed by atoms with Gasteiger partial charge >= 0.3 is 0 Å². The maximum atomic E-state index is 12.8. The van der Waals surface area contributed by atoms with Crippen molar-refractivity contribution in [1.29, 1.82) is 0 Å². The monoisotopic (exact) mass is 368 g/mol. The van der Waals surface area contributed by atoms with Crippen LogP contribution in [0.1, 0.15) is 5.69 Å². The topological polar surface area (TPSA) is 115 Å². The Bertz CT molecular complexity index is 968. The van der Waals surface area contributed by atoms with Gasteiger partial charge < -0.3 is 4.74 Å². The van der Waals surface area contributed by atoms with Gasteiger partial charge in [-0.2, -0.15) is 5.10 Å². The summed E-state index contributed by atoms with van der Waals surface area (Å²) >= 11 is 5.92. The lowest BCUT2D eigenvalue weighted by molar-refractivity contribution is 0.403. The molecular weight excluding hydrogens is 356 g/mol. The molecule has 126 valence electrons. The van der Waals surface area contributed by atoms with Crippen LogP contribution in [0, 0.1) is 6.92 Å². The Morgan fingerprint density at radius 1 is 1.29 bits per heavy atom. The van der Waals surface area contributed by atoms with Gasteiger partial charge in [0.1, 0.15) is 29.0 Å². The van der Waals surface area contributed by atoms with Gasteiger partial charge in [0, 0.05) is 5.02 Å². The maximum Gasteiger partial charge on any atom is 0.265 e. The Morgan fingerprint density at radius 2 is 2.00 bits per heavy atom. The number of benzene rings is 1. The zero-order valence-corrected chi connectivity index (χ0v) is 14.3. The Labute approximate surface area is 142 Å². The molecule has 0 bridgehead atoms. The van der Waals surface area contributed by atoms with Crippen molar-refractivity contribution in [2.45, 2.75) is 11.8 Å². The first kappa shape index (κ1) is 16.3. The van der Waals surface area contributed by atoms with Crippen LogP contribution >= 0.6 is 11.6 Å². The third-order valence-electron chi connectivity index (χ3n) is 3.24. The van der Waals surface area contributed by atoms with E-state index >= 15 is 0 Å². The molecule has 1 aromatic carbocycles. The van der Waals surface area contributed by atoms with Crippen LogP contribution in [-0.2, 0) is 10.0 Å². The molecule has 24 heavy (non-hydrogen) atoms. The van der Waals surface area contributed by atoms with Crippen LogP contribution in [0.15, 0.2) is 35.7 Å². The lowest BCUT2D eigenvalue weighted by Gasteiger charge is -2.12. The number of aryl methyl sites for hydroxylation is 1. The molecule has 0 amide bonds. The lowest BCUT2D eigenvalue weighted by Crippen LogP contribution is -2.15. The van der Waals surface area contributed by atoms with Gasteiger partial charge in [-0.1, -0.05) is 11.6 Å². The Morgan fingerprint density at radius 3 is 2.67 bits per heavy atom. The number of aromatic nitrogens is 5. The number of aromatic amines is 1. The Kier molecular flexibility index (Phi) is 4.16. The number of halogens is 1. The van der Waals surface area contributed by atoms with E-state index in [1.807, 2.05) is 0 Å². The van der Waals surface area contributed by atoms with Crippen molar-refractivity contribution in [2.75, 3.05) is 11.8 Å². The minimum atomic E-state index is -3.96. The summed E-state index contributed by atoms with van der Waals surface area (Å²) in [6.45, 7) is 1.69. The number of H-pyrrole nitrogens is 1. The first-order valence-corrected chi connectivity index (χ1v) is 8.55. The molecule has 0 aliphatic rings. The number of nitrogens with one attached hydrogen (secondary N) is 2. The van der Waals surface area contributed by atoms with Crippen molar-refractivity contribution in [3.63, 3.8) is 0 Å². The predicted octanol–water partition coefficient (Wildman–Crippen LogP) is 1.76. The largest absolute Gasteiger partial charge is 0.495 e. The molecule has 0 saturated heterocycles. The van der Waals surface area contributed by atoms with E-state index in [1.54, 1.807) is 13.0 Å². The fourth-order valence-electron chi connectivity index (χ4n) is 2.09. The molecule has 0 aliphatic heterocycles. The van der Waals surface area contributed by atoms with Crippen molar-refractivity contribution in [3.05, 3.63) is 41.6 Å². The third kappa shape index (κ3) is 2.93. The van der Waals surface area contributed by atoms with Crippen molar-refractivity contribution in [2.24, 2.45) is 0 Å². The number of hydrogen-bond donors (Lipinski definition) is 2. The molecule has 0 fully saturated rings. The van der Waals surface area contributed by atoms with E-state index in [9.17, 15) is 8.42 Å². The Hall–Kier alpha value is -2.59. The molecular formula is C13H13ClN6O3S. The van der Waals surface area contributed by atoms with Crippen LogP contribution in [0.4, 0.5) is 5.69 Å². The number of anilines is 1. The molecule has 0 aliphatic carbocycles. The van der Waals surface area contributed by atoms with Gasteiger partial charge in [0.25, 0.3) is 10.0 Å². The van der Waals surface area contributed by atoms with Gasteiger partial charge in [0.05, 0.1) is 12.8 Å². The second-order valence-electron chi connectivity index (χ2n) is 4.82. The molecule has 11 heteroatoms. The highest BCUT2D eigenvalue weighted by Crippen LogP contribution is 2.30. The van der Waals surface area contributed by atoms with E-state index < -0.39 is 10.0 Å². The van der Waals surface area contributed by atoms with Crippen molar-refractivity contribution in [3.8, 4) is 11.6 Å². The van der Waals surface area contributed by atoms with Gasteiger partial charge in [0.15, 0.2) is 5.82 Å². The quantitative estimate of drug-likeness (QED) is 0.709. The second-order valence-corrected chi connectivity index (χ2v) is 6.90. The van der Waals surface area contributed by atoms with Crippen molar-refractivity contribution >= 4 is 27.3 Å². The Balaban J connectivity index is 2.06. The van der Waals surface area contributed by atoms with E-state index in [0.29, 0.717) is 11.5 Å². The minimum absolute atomic E-state index is 0.0761. The van der Waals surface area contributed by atoms with E-state index in [2.05, 4.69) is 25.1 Å². The highest BCUT2D eigenvalue weighted by Gasteiger charge is 2.24. The fourth-order valence-corrected chi connectivity index (χ4v) is 3.64. The summed E-state index contributed by atoms with van der Waals surface area (Å²) in [5, 5.41) is 14.4. The number of methoxy groups -OCH3 is 1. The van der Waals surface area contributed by atoms with Crippen LogP contribution in [0.25, 0.3) is 5.82 Å². The first-order valence-electron chi connectivity index (χ1n) is 6.68. The number of rotatable bonds is 5. The molecule has 9 nitrogen and oxygen atoms in total. The summed E-state index contributed by atoms with van der Waals surface area (Å²) in [6, 6.07) is 4.35. The summed E-state index contributed by atoms with van der Waals surface area (Å²) in [7, 11) is -2.58. The summed E-state index contributed by atoms with van der Waals surface area (Å²) in [6.07, 6.45) is 2.82. The van der Waals surface area contributed by atoms with E-state index in [1.165, 1.54) is 36.5 Å². The zero-order valence-electron chi connectivity index (χ0n) is 12.7. The third-order valence-corrected chi connectivity index (χ3v) is 4.85. The molecule has 2 heterocycles. The van der Waals surface area contributed by atoms with Crippen LogP contribution in [0.3, 0.4) is 0 Å². The van der Waals surface area contributed by atoms with Crippen LogP contribution in [0.5, 0.6) is 5.75 Å². The van der Waals surface area contributed by atoms with E-state index in [4.69, 9.17) is 16.3 Å². The number of nitrogens with zero attached hydrogens (tertiary/aromatic N) is 4. The molecule has 0 spiro atoms. The molecule has 0 radical (unpaired) electrons. The maximum absolute atomic E-state index is 12.8. The lowest BCUT2D eigenvalue weighted by atomic mass is 10.3. The average Bonchev–Trinajstić information content (AvgIpc) is 3.18. The van der Waals surface area contributed by atoms with Gasteiger partial charge in [0.2, 0.25) is 0 Å².